The number of carbonyl (C=O) groups excluding carboxylic acids is 3. The molecule has 4 amide bonds. The standard InChI is InChI=1S/C18H21N3O5/c22-14(19-10-12-4-6-13(7-5-12)15(23)24)11-21-16(25)18(20-17(21)26)8-2-1-3-9-18/h4-7H,1-3,8-11H2,(H,19,22)(H,20,26)(H,23,24). The fourth-order valence-electron chi connectivity index (χ4n) is 3.48. The van der Waals surface area contributed by atoms with E-state index in [1.807, 2.05) is 0 Å². The van der Waals surface area contributed by atoms with Gasteiger partial charge in [0.15, 0.2) is 0 Å². The van der Waals surface area contributed by atoms with Crippen molar-refractivity contribution in [2.45, 2.75) is 44.2 Å². The predicted molar refractivity (Wildman–Crippen MR) is 91.3 cm³/mol. The van der Waals surface area contributed by atoms with Crippen LogP contribution in [-0.2, 0) is 16.1 Å². The summed E-state index contributed by atoms with van der Waals surface area (Å²) in [5.74, 6) is -1.78. The Morgan fingerprint density at radius 3 is 2.38 bits per heavy atom. The van der Waals surface area contributed by atoms with Crippen LogP contribution in [0.15, 0.2) is 24.3 Å². The molecule has 0 atom stereocenters. The Morgan fingerprint density at radius 2 is 1.77 bits per heavy atom. The Bertz CT molecular complexity index is 738. The van der Waals surface area contributed by atoms with E-state index in [1.165, 1.54) is 12.1 Å². The number of carboxylic acids is 1. The van der Waals surface area contributed by atoms with Gasteiger partial charge in [-0.25, -0.2) is 9.59 Å². The van der Waals surface area contributed by atoms with Crippen molar-refractivity contribution in [3.05, 3.63) is 35.4 Å². The van der Waals surface area contributed by atoms with Gasteiger partial charge in [-0.1, -0.05) is 31.4 Å². The lowest BCUT2D eigenvalue weighted by atomic mass is 9.82. The Balaban J connectivity index is 1.55. The van der Waals surface area contributed by atoms with E-state index in [2.05, 4.69) is 10.6 Å². The molecule has 2 fully saturated rings. The minimum Gasteiger partial charge on any atom is -0.478 e. The number of carboxylic acid groups (broad SMARTS) is 1. The summed E-state index contributed by atoms with van der Waals surface area (Å²) in [5.41, 5.74) is 0.0592. The summed E-state index contributed by atoms with van der Waals surface area (Å²) < 4.78 is 0. The highest BCUT2D eigenvalue weighted by atomic mass is 16.4. The molecule has 0 aromatic heterocycles. The summed E-state index contributed by atoms with van der Waals surface area (Å²) in [5, 5.41) is 14.3. The number of carbonyl (C=O) groups is 4. The van der Waals surface area contributed by atoms with E-state index < -0.39 is 23.4 Å². The number of nitrogens with one attached hydrogen (secondary N) is 2. The van der Waals surface area contributed by atoms with Crippen molar-refractivity contribution in [2.75, 3.05) is 6.54 Å². The fourth-order valence-corrected chi connectivity index (χ4v) is 3.48. The number of nitrogens with zero attached hydrogens (tertiary/aromatic N) is 1. The Morgan fingerprint density at radius 1 is 1.12 bits per heavy atom. The van der Waals surface area contributed by atoms with E-state index in [0.29, 0.717) is 12.8 Å². The number of hydrogen-bond donors (Lipinski definition) is 3. The topological polar surface area (TPSA) is 116 Å². The van der Waals surface area contributed by atoms with Crippen LogP contribution in [0.4, 0.5) is 4.79 Å². The second-order valence-corrected chi connectivity index (χ2v) is 6.74. The predicted octanol–water partition coefficient (Wildman–Crippen LogP) is 1.26. The van der Waals surface area contributed by atoms with Crippen LogP contribution in [0.1, 0.15) is 48.0 Å². The molecule has 1 aromatic carbocycles. The number of urea groups is 1. The smallest absolute Gasteiger partial charge is 0.335 e. The van der Waals surface area contributed by atoms with Crippen LogP contribution in [0.3, 0.4) is 0 Å². The quantitative estimate of drug-likeness (QED) is 0.685. The van der Waals surface area contributed by atoms with Crippen molar-refractivity contribution in [3.8, 4) is 0 Å². The molecular formula is C18H21N3O5. The molecule has 1 aliphatic carbocycles. The molecule has 1 spiro atoms. The highest BCUT2D eigenvalue weighted by Gasteiger charge is 2.51. The average Bonchev–Trinajstić information content (AvgIpc) is 2.85. The number of benzene rings is 1. The molecule has 138 valence electrons. The zero-order valence-corrected chi connectivity index (χ0v) is 14.3. The van der Waals surface area contributed by atoms with Gasteiger partial charge in [-0.2, -0.15) is 0 Å². The normalized spacial score (nSPS) is 18.7. The van der Waals surface area contributed by atoms with Crippen LogP contribution in [-0.4, -0.2) is 45.9 Å². The van der Waals surface area contributed by atoms with Crippen LogP contribution >= 0.6 is 0 Å². The van der Waals surface area contributed by atoms with E-state index in [-0.39, 0.29) is 24.6 Å². The third-order valence-electron chi connectivity index (χ3n) is 4.95. The third kappa shape index (κ3) is 3.54. The van der Waals surface area contributed by atoms with Crippen molar-refractivity contribution in [1.82, 2.24) is 15.5 Å². The van der Waals surface area contributed by atoms with Crippen LogP contribution < -0.4 is 10.6 Å². The summed E-state index contributed by atoms with van der Waals surface area (Å²) in [6.45, 7) is -0.132. The first-order valence-corrected chi connectivity index (χ1v) is 8.64. The molecule has 3 rings (SSSR count). The zero-order chi connectivity index (χ0) is 18.7. The molecule has 2 aliphatic rings. The highest BCUT2D eigenvalue weighted by molar-refractivity contribution is 6.09. The van der Waals surface area contributed by atoms with E-state index in [1.54, 1.807) is 12.1 Å². The first-order valence-electron chi connectivity index (χ1n) is 8.64. The van der Waals surface area contributed by atoms with Gasteiger partial charge in [0.05, 0.1) is 5.56 Å². The van der Waals surface area contributed by atoms with Crippen molar-refractivity contribution >= 4 is 23.8 Å². The highest BCUT2D eigenvalue weighted by Crippen LogP contribution is 2.33. The van der Waals surface area contributed by atoms with Gasteiger partial charge in [-0.15, -0.1) is 0 Å². The molecule has 8 nitrogen and oxygen atoms in total. The molecule has 1 aliphatic heterocycles. The molecule has 0 radical (unpaired) electrons. The Hall–Kier alpha value is -2.90. The second kappa shape index (κ2) is 7.15. The summed E-state index contributed by atoms with van der Waals surface area (Å²) in [4.78, 5) is 48.7. The minimum absolute atomic E-state index is 0.164. The number of imide groups is 1. The third-order valence-corrected chi connectivity index (χ3v) is 4.95. The van der Waals surface area contributed by atoms with E-state index in [4.69, 9.17) is 5.11 Å². The first kappa shape index (κ1) is 17.9. The van der Waals surface area contributed by atoms with Gasteiger partial charge in [0, 0.05) is 6.54 Å². The lowest BCUT2D eigenvalue weighted by Gasteiger charge is -2.30. The molecule has 0 unspecified atom stereocenters. The van der Waals surface area contributed by atoms with Gasteiger partial charge < -0.3 is 15.7 Å². The summed E-state index contributed by atoms with van der Waals surface area (Å²) in [6.07, 6.45) is 4.06. The summed E-state index contributed by atoms with van der Waals surface area (Å²) >= 11 is 0. The monoisotopic (exact) mass is 359 g/mol. The van der Waals surface area contributed by atoms with Gasteiger partial charge in [0.2, 0.25) is 5.91 Å². The average molecular weight is 359 g/mol. The molecule has 26 heavy (non-hydrogen) atoms. The summed E-state index contributed by atoms with van der Waals surface area (Å²) in [7, 11) is 0. The molecule has 1 saturated carbocycles. The fraction of sp³-hybridized carbons (Fsp3) is 0.444. The molecular weight excluding hydrogens is 338 g/mol. The maximum atomic E-state index is 12.6. The van der Waals surface area contributed by atoms with Gasteiger partial charge in [-0.05, 0) is 30.5 Å². The van der Waals surface area contributed by atoms with Crippen LogP contribution in [0.5, 0.6) is 0 Å². The van der Waals surface area contributed by atoms with Crippen molar-refractivity contribution in [1.29, 1.82) is 0 Å². The zero-order valence-electron chi connectivity index (χ0n) is 14.3. The lowest BCUT2D eigenvalue weighted by Crippen LogP contribution is -2.49. The molecule has 1 heterocycles. The maximum Gasteiger partial charge on any atom is 0.335 e. The largest absolute Gasteiger partial charge is 0.478 e. The van der Waals surface area contributed by atoms with Crippen molar-refractivity contribution in [3.63, 3.8) is 0 Å². The Labute approximate surface area is 150 Å². The van der Waals surface area contributed by atoms with E-state index in [0.717, 1.165) is 29.7 Å². The number of aromatic carboxylic acids is 1. The van der Waals surface area contributed by atoms with E-state index >= 15 is 0 Å². The number of hydrogen-bond acceptors (Lipinski definition) is 4. The molecule has 1 saturated heterocycles. The molecule has 1 aromatic rings. The number of rotatable bonds is 5. The van der Waals surface area contributed by atoms with Gasteiger partial charge >= 0.3 is 12.0 Å². The van der Waals surface area contributed by atoms with Crippen molar-refractivity contribution in [2.24, 2.45) is 0 Å². The van der Waals surface area contributed by atoms with Crippen LogP contribution in [0.25, 0.3) is 0 Å². The maximum absolute atomic E-state index is 12.6. The first-order chi connectivity index (χ1) is 12.4. The van der Waals surface area contributed by atoms with Crippen molar-refractivity contribution < 1.29 is 24.3 Å². The Kier molecular flexibility index (Phi) is 4.92. The molecule has 0 bridgehead atoms. The van der Waals surface area contributed by atoms with Gasteiger partial charge in [-0.3, -0.25) is 14.5 Å². The lowest BCUT2D eigenvalue weighted by molar-refractivity contribution is -0.135. The van der Waals surface area contributed by atoms with Crippen LogP contribution in [0, 0.1) is 0 Å². The van der Waals surface area contributed by atoms with Gasteiger partial charge in [0.25, 0.3) is 5.91 Å². The van der Waals surface area contributed by atoms with Gasteiger partial charge in [0.1, 0.15) is 12.1 Å². The second-order valence-electron chi connectivity index (χ2n) is 6.74. The SMILES string of the molecule is O=C(CN1C(=O)NC2(CCCCC2)C1=O)NCc1ccc(C(=O)O)cc1. The minimum atomic E-state index is -1.02. The van der Waals surface area contributed by atoms with E-state index in [9.17, 15) is 19.2 Å². The molecule has 8 heteroatoms. The molecule has 3 N–H and O–H groups in total. The summed E-state index contributed by atoms with van der Waals surface area (Å²) in [6, 6.07) is 5.60. The van der Waals surface area contributed by atoms with Crippen LogP contribution in [0.2, 0.25) is 0 Å². The number of amides is 4.